The molecule has 0 fully saturated rings. The summed E-state index contributed by atoms with van der Waals surface area (Å²) >= 11 is 0. The molecule has 0 spiro atoms. The Labute approximate surface area is 584 Å². The van der Waals surface area contributed by atoms with Crippen LogP contribution in [0, 0.1) is 22.0 Å². The number of aliphatic imine (C=N–C) groups is 1. The van der Waals surface area contributed by atoms with Gasteiger partial charge in [0.15, 0.2) is 0 Å². The van der Waals surface area contributed by atoms with Crippen LogP contribution in [0.1, 0.15) is 180 Å². The molecule has 15 rings (SSSR count). The minimum atomic E-state index is -0.390. The normalized spacial score (nSPS) is 12.3. The number of allylic oxidation sites excluding steroid dienone is 1. The van der Waals surface area contributed by atoms with Crippen LogP contribution in [0.3, 0.4) is 0 Å². The highest BCUT2D eigenvalue weighted by atomic mass is 16.6. The van der Waals surface area contributed by atoms with Crippen LogP contribution in [0.15, 0.2) is 285 Å². The summed E-state index contributed by atoms with van der Waals surface area (Å²) in [6, 6.07) is 87.1. The predicted molar refractivity (Wildman–Crippen MR) is 429 cm³/mol. The fourth-order valence-electron chi connectivity index (χ4n) is 12.2. The summed E-state index contributed by atoms with van der Waals surface area (Å²) in [6.45, 7) is 35.1. The molecule has 6 nitrogen and oxygen atoms in total. The summed E-state index contributed by atoms with van der Waals surface area (Å²) in [6.07, 6.45) is 13.4. The molecule has 0 N–H and O–H groups in total. The largest absolute Gasteiger partial charge is 0.352 e. The van der Waals surface area contributed by atoms with Gasteiger partial charge in [0.2, 0.25) is 0 Å². The first-order valence-electron chi connectivity index (χ1n) is 35.3. The fraction of sp³-hybridized carbons (Fsp3) is 0.272. The van der Waals surface area contributed by atoms with Crippen molar-refractivity contribution >= 4 is 87.3 Å². The minimum absolute atomic E-state index is 0.152. The molecule has 0 aliphatic carbocycles. The number of hydrogen-bond acceptors (Lipinski definition) is 3. The molecule has 1 atom stereocenters. The molecule has 6 heteroatoms. The lowest BCUT2D eigenvalue weighted by molar-refractivity contribution is -0.384. The Hall–Kier alpha value is -9.91. The Morgan fingerprint density at radius 1 is 0.347 bits per heavy atom. The highest BCUT2D eigenvalue weighted by Crippen LogP contribution is 2.38. The van der Waals surface area contributed by atoms with Crippen LogP contribution < -0.4 is 0 Å². The highest BCUT2D eigenvalue weighted by molar-refractivity contribution is 6.23. The van der Waals surface area contributed by atoms with Gasteiger partial charge in [-0.05, 0) is 179 Å². The number of benzene rings is 12. The molecule has 0 saturated carbocycles. The highest BCUT2D eigenvalue weighted by Gasteiger charge is 2.14. The average molecular weight is 1300 g/mol. The molecule has 504 valence electrons. The van der Waals surface area contributed by atoms with Gasteiger partial charge in [0, 0.05) is 55.1 Å². The third kappa shape index (κ3) is 19.9. The van der Waals surface area contributed by atoms with E-state index in [-0.39, 0.29) is 11.7 Å². The van der Waals surface area contributed by atoms with Crippen LogP contribution in [0.4, 0.5) is 5.69 Å². The van der Waals surface area contributed by atoms with E-state index in [9.17, 15) is 10.1 Å². The Kier molecular flexibility index (Phi) is 27.1. The molecule has 1 unspecified atom stereocenters. The summed E-state index contributed by atoms with van der Waals surface area (Å²) in [7, 11) is 0. The van der Waals surface area contributed by atoms with Gasteiger partial charge in [0.05, 0.1) is 11.1 Å². The van der Waals surface area contributed by atoms with Gasteiger partial charge in [-0.3, -0.25) is 15.1 Å². The molecular weight excluding hydrogens is 1190 g/mol. The van der Waals surface area contributed by atoms with Gasteiger partial charge < -0.3 is 9.13 Å². The molecule has 98 heavy (non-hydrogen) atoms. The van der Waals surface area contributed by atoms with Crippen LogP contribution in [-0.4, -0.2) is 20.3 Å². The SMILES string of the molecule is CC(C)C1C=CN=C1.CC(C)c1cc2ccccc2c2ccccc12.CC(C)c1ccc2ccc3cccc4ccc1c2c34.CC(C)c1ccc2ccccc2c1.CC(C)c1cccc2ccccc12.CC(C)c1ccccc1.CC(C)n1ccc([N+](=O)[O-])c1.CC(C)n1cccc1. The lowest BCUT2D eigenvalue weighted by atomic mass is 9.89. The van der Waals surface area contributed by atoms with E-state index in [1.54, 1.807) is 10.8 Å². The Morgan fingerprint density at radius 2 is 0.827 bits per heavy atom. The van der Waals surface area contributed by atoms with E-state index in [4.69, 9.17) is 0 Å². The lowest BCUT2D eigenvalue weighted by Crippen LogP contribution is -2.03. The minimum Gasteiger partial charge on any atom is -0.352 e. The zero-order chi connectivity index (χ0) is 70.4. The quantitative estimate of drug-likeness (QED) is 0.0821. The van der Waals surface area contributed by atoms with Crippen molar-refractivity contribution in [2.24, 2.45) is 16.8 Å². The molecule has 1 aliphatic rings. The van der Waals surface area contributed by atoms with Crippen molar-refractivity contribution in [3.63, 3.8) is 0 Å². The van der Waals surface area contributed by atoms with E-state index in [1.165, 1.54) is 115 Å². The van der Waals surface area contributed by atoms with Gasteiger partial charge in [-0.15, -0.1) is 0 Å². The maximum atomic E-state index is 10.2. The molecule has 14 aromatic rings. The van der Waals surface area contributed by atoms with Gasteiger partial charge in [-0.25, -0.2) is 0 Å². The predicted octanol–water partition coefficient (Wildman–Crippen LogP) is 27.5. The van der Waals surface area contributed by atoms with Crippen LogP contribution in [0.2, 0.25) is 0 Å². The van der Waals surface area contributed by atoms with E-state index < -0.39 is 4.92 Å². The van der Waals surface area contributed by atoms with Crippen molar-refractivity contribution in [3.05, 3.63) is 318 Å². The fourth-order valence-corrected chi connectivity index (χ4v) is 12.2. The molecular formula is C92H104N4O2. The Morgan fingerprint density at radius 3 is 1.35 bits per heavy atom. The summed E-state index contributed by atoms with van der Waals surface area (Å²) in [5.74, 6) is 4.29. The van der Waals surface area contributed by atoms with Crippen molar-refractivity contribution in [2.45, 2.75) is 152 Å². The second-order valence-corrected chi connectivity index (χ2v) is 28.0. The number of nitro groups is 1. The topological polar surface area (TPSA) is 65.4 Å². The zero-order valence-electron chi connectivity index (χ0n) is 60.9. The molecule has 3 heterocycles. The number of fused-ring (bicyclic) bond motifs is 5. The van der Waals surface area contributed by atoms with Gasteiger partial charge in [0.1, 0.15) is 0 Å². The van der Waals surface area contributed by atoms with E-state index in [2.05, 4.69) is 343 Å². The van der Waals surface area contributed by atoms with Gasteiger partial charge in [-0.1, -0.05) is 314 Å². The van der Waals surface area contributed by atoms with Crippen molar-refractivity contribution in [1.82, 2.24) is 9.13 Å². The Bertz CT molecular complexity index is 4770. The summed E-state index contributed by atoms with van der Waals surface area (Å²) in [5, 5.41) is 29.4. The number of nitrogens with zero attached hydrogens (tertiary/aromatic N) is 4. The monoisotopic (exact) mass is 1300 g/mol. The molecule has 12 aromatic carbocycles. The lowest BCUT2D eigenvalue weighted by Gasteiger charge is -2.15. The average Bonchev–Trinajstić information content (AvgIpc) is 0.942. The van der Waals surface area contributed by atoms with Crippen molar-refractivity contribution in [3.8, 4) is 0 Å². The van der Waals surface area contributed by atoms with Crippen LogP contribution >= 0.6 is 0 Å². The number of rotatable bonds is 9. The second-order valence-electron chi connectivity index (χ2n) is 28.0. The zero-order valence-corrected chi connectivity index (χ0v) is 60.9. The van der Waals surface area contributed by atoms with Crippen LogP contribution in [0.25, 0.3) is 75.4 Å². The van der Waals surface area contributed by atoms with Gasteiger partial charge >= 0.3 is 0 Å². The second kappa shape index (κ2) is 35.9. The third-order valence-electron chi connectivity index (χ3n) is 18.1. The van der Waals surface area contributed by atoms with Crippen LogP contribution in [0.5, 0.6) is 0 Å². The smallest absolute Gasteiger partial charge is 0.286 e. The molecule has 2 aromatic heterocycles. The number of aromatic nitrogens is 2. The van der Waals surface area contributed by atoms with E-state index in [1.807, 2.05) is 44.5 Å². The first-order valence-corrected chi connectivity index (χ1v) is 35.3. The van der Waals surface area contributed by atoms with E-state index in [0.29, 0.717) is 47.5 Å². The molecule has 0 saturated heterocycles. The molecule has 0 radical (unpaired) electrons. The van der Waals surface area contributed by atoms with Gasteiger partial charge in [-0.2, -0.15) is 0 Å². The van der Waals surface area contributed by atoms with Crippen molar-refractivity contribution < 1.29 is 4.92 Å². The third-order valence-corrected chi connectivity index (χ3v) is 18.1. The summed E-state index contributed by atoms with van der Waals surface area (Å²) in [5.41, 5.74) is 7.32. The maximum Gasteiger partial charge on any atom is 0.286 e. The van der Waals surface area contributed by atoms with E-state index >= 15 is 0 Å². The van der Waals surface area contributed by atoms with Crippen molar-refractivity contribution in [1.29, 1.82) is 0 Å². The Balaban J connectivity index is 0.000000146. The molecule has 0 amide bonds. The molecule has 1 aliphatic heterocycles. The van der Waals surface area contributed by atoms with Crippen LogP contribution in [-0.2, 0) is 0 Å². The summed E-state index contributed by atoms with van der Waals surface area (Å²) < 4.78 is 3.97. The maximum absolute atomic E-state index is 10.2. The molecule has 0 bridgehead atoms. The van der Waals surface area contributed by atoms with Crippen molar-refractivity contribution in [2.75, 3.05) is 0 Å². The van der Waals surface area contributed by atoms with Gasteiger partial charge in [0.25, 0.3) is 5.69 Å². The first-order chi connectivity index (χ1) is 47.1. The summed E-state index contributed by atoms with van der Waals surface area (Å²) in [4.78, 5) is 13.8. The standard InChI is InChI=1S/C19H16.C17H16.2C13H14.C9H12.C7H10N2O2.2C7H11N/c1-12(2)16-10-8-15-7-6-13-4-3-5-14-9-11-17(16)19(15)18(13)14;1-12(2)17-11-13-7-3-4-8-14(13)15-9-5-6-10-16(15)17;1-10(2)12-9-5-7-11-6-3-4-8-13(11)12;1-10(2)12-8-7-11-5-3-4-6-13(11)9-12;1-8(2)9-6-4-3-5-7-9;1-6(2)8-4-3-7(5-8)9(10)11;1-6(2)7-3-4-8-5-7;1-7(2)8-5-3-4-6-8/h3-12H,1-2H3;3-12H,1-2H3;2*3-10H,1-2H3;3-8H,1-2H3;3-6H,1-2H3;2*3-7H,1-2H3. The number of hydrogen-bond donors (Lipinski definition) is 0. The van der Waals surface area contributed by atoms with E-state index in [0.717, 1.165) is 0 Å². The first kappa shape index (κ1) is 73.9.